The summed E-state index contributed by atoms with van der Waals surface area (Å²) in [5.74, 6) is -1.56. The maximum atomic E-state index is 12.5. The van der Waals surface area contributed by atoms with Crippen molar-refractivity contribution in [3.8, 4) is 0 Å². The molecule has 0 N–H and O–H groups in total. The Labute approximate surface area is 164 Å². The molecule has 0 atom stereocenters. The van der Waals surface area contributed by atoms with Crippen LogP contribution in [0, 0.1) is 0 Å². The van der Waals surface area contributed by atoms with Crippen LogP contribution in [0.5, 0.6) is 0 Å². The summed E-state index contributed by atoms with van der Waals surface area (Å²) in [7, 11) is -4.04. The number of nitrogens with zero attached hydrogens (tertiary/aromatic N) is 1. The summed E-state index contributed by atoms with van der Waals surface area (Å²) in [5, 5.41) is 1.36. The van der Waals surface area contributed by atoms with Gasteiger partial charge in [0.2, 0.25) is 0 Å². The number of amides is 1. The number of fused-ring (bicyclic) bond motifs is 2. The molecule has 1 aromatic heterocycles. The predicted octanol–water partition coefficient (Wildman–Crippen LogP) is 3.44. The van der Waals surface area contributed by atoms with Gasteiger partial charge in [-0.25, -0.2) is 12.7 Å². The lowest BCUT2D eigenvalue weighted by Gasteiger charge is -2.14. The van der Waals surface area contributed by atoms with E-state index in [1.54, 1.807) is 6.07 Å². The van der Waals surface area contributed by atoms with Crippen LogP contribution < -0.4 is 0 Å². The molecule has 0 fully saturated rings. The minimum absolute atomic E-state index is 0.0536. The molecule has 1 amide bonds. The van der Waals surface area contributed by atoms with E-state index >= 15 is 0 Å². The van der Waals surface area contributed by atoms with Crippen molar-refractivity contribution >= 4 is 54.9 Å². The van der Waals surface area contributed by atoms with Crippen molar-refractivity contribution in [1.82, 2.24) is 4.31 Å². The van der Waals surface area contributed by atoms with Crippen LogP contribution in [0.2, 0.25) is 5.02 Å². The van der Waals surface area contributed by atoms with Gasteiger partial charge in [-0.3, -0.25) is 9.59 Å². The summed E-state index contributed by atoms with van der Waals surface area (Å²) in [6, 6.07) is 13.4. The van der Waals surface area contributed by atoms with Crippen LogP contribution in [-0.2, 0) is 26.2 Å². The molecule has 1 aliphatic rings. The highest BCUT2D eigenvalue weighted by Crippen LogP contribution is 2.35. The maximum absolute atomic E-state index is 12.5. The van der Waals surface area contributed by atoms with Crippen LogP contribution in [0.15, 0.2) is 53.4 Å². The molecule has 0 aliphatic carbocycles. The van der Waals surface area contributed by atoms with E-state index in [4.69, 9.17) is 16.3 Å². The van der Waals surface area contributed by atoms with Crippen molar-refractivity contribution in [2.75, 3.05) is 6.54 Å². The average molecular weight is 422 g/mol. The third kappa shape index (κ3) is 2.99. The number of benzene rings is 2. The number of carbonyl (C=O) groups excluding carboxylic acids is 2. The number of rotatable bonds is 4. The number of thiophene rings is 1. The Bertz CT molecular complexity index is 1190. The molecule has 0 spiro atoms. The van der Waals surface area contributed by atoms with Gasteiger partial charge in [-0.2, -0.15) is 0 Å². The minimum atomic E-state index is -4.04. The number of esters is 1. The number of hydrogen-bond donors (Lipinski definition) is 0. The van der Waals surface area contributed by atoms with Crippen LogP contribution in [0.4, 0.5) is 0 Å². The van der Waals surface area contributed by atoms with Crippen molar-refractivity contribution in [3.63, 3.8) is 0 Å². The highest BCUT2D eigenvalue weighted by molar-refractivity contribution is 7.90. The van der Waals surface area contributed by atoms with Crippen LogP contribution in [0.1, 0.15) is 15.2 Å². The molecule has 2 heterocycles. The van der Waals surface area contributed by atoms with Crippen LogP contribution >= 0.6 is 22.9 Å². The fraction of sp³-hybridized carbons (Fsp3) is 0.111. The summed E-state index contributed by atoms with van der Waals surface area (Å²) in [4.78, 5) is 25.0. The van der Waals surface area contributed by atoms with E-state index in [0.29, 0.717) is 14.2 Å². The van der Waals surface area contributed by atoms with Gasteiger partial charge in [0.1, 0.15) is 18.0 Å². The lowest BCUT2D eigenvalue weighted by atomic mass is 10.2. The Morgan fingerprint density at radius 3 is 2.56 bits per heavy atom. The summed E-state index contributed by atoms with van der Waals surface area (Å²) in [5.41, 5.74) is 0.0536. The fourth-order valence-electron chi connectivity index (χ4n) is 2.85. The van der Waals surface area contributed by atoms with Gasteiger partial charge in [0, 0.05) is 10.1 Å². The van der Waals surface area contributed by atoms with E-state index in [1.165, 1.54) is 29.5 Å². The van der Waals surface area contributed by atoms with Gasteiger partial charge in [-0.1, -0.05) is 41.9 Å². The first-order chi connectivity index (χ1) is 12.9. The highest BCUT2D eigenvalue weighted by atomic mass is 35.5. The van der Waals surface area contributed by atoms with Crippen LogP contribution in [0.25, 0.3) is 10.1 Å². The van der Waals surface area contributed by atoms with E-state index in [0.717, 1.165) is 10.1 Å². The van der Waals surface area contributed by atoms with E-state index in [9.17, 15) is 18.0 Å². The molecule has 138 valence electrons. The van der Waals surface area contributed by atoms with Crippen molar-refractivity contribution in [2.24, 2.45) is 0 Å². The average Bonchev–Trinajstić information content (AvgIpc) is 3.08. The summed E-state index contributed by atoms with van der Waals surface area (Å²) in [6.07, 6.45) is 0. The smallest absolute Gasteiger partial charge is 0.327 e. The van der Waals surface area contributed by atoms with Crippen LogP contribution in [-0.4, -0.2) is 31.1 Å². The van der Waals surface area contributed by atoms with Gasteiger partial charge in [0.15, 0.2) is 0 Å². The first kappa shape index (κ1) is 18.0. The zero-order valence-corrected chi connectivity index (χ0v) is 16.1. The molecule has 0 unspecified atom stereocenters. The second-order valence-electron chi connectivity index (χ2n) is 5.81. The normalized spacial score (nSPS) is 15.1. The summed E-state index contributed by atoms with van der Waals surface area (Å²) < 4.78 is 31.6. The van der Waals surface area contributed by atoms with E-state index < -0.39 is 28.4 Å². The zero-order valence-electron chi connectivity index (χ0n) is 13.7. The lowest BCUT2D eigenvalue weighted by Crippen LogP contribution is -2.35. The third-order valence-electron chi connectivity index (χ3n) is 4.15. The standard InChI is InChI=1S/C18H12ClNO5S2/c19-17-11-5-1-3-7-13(11)26-14(17)10-25-16(21)9-20-18(22)12-6-2-4-8-15(12)27(20,23)24/h1-8H,9-10H2. The monoisotopic (exact) mass is 421 g/mol. The van der Waals surface area contributed by atoms with E-state index in [-0.39, 0.29) is 17.1 Å². The molecule has 0 bridgehead atoms. The number of hydrogen-bond acceptors (Lipinski definition) is 6. The predicted molar refractivity (Wildman–Crippen MR) is 101 cm³/mol. The Kier molecular flexibility index (Phi) is 4.41. The number of carbonyl (C=O) groups is 2. The first-order valence-electron chi connectivity index (χ1n) is 7.87. The second-order valence-corrected chi connectivity index (χ2v) is 9.15. The number of sulfonamides is 1. The molecule has 9 heteroatoms. The first-order valence-corrected chi connectivity index (χ1v) is 10.5. The van der Waals surface area contributed by atoms with Gasteiger partial charge in [-0.05, 0) is 18.2 Å². The fourth-order valence-corrected chi connectivity index (χ4v) is 5.77. The Morgan fingerprint density at radius 2 is 1.81 bits per heavy atom. The summed E-state index contributed by atoms with van der Waals surface area (Å²) in [6.45, 7) is -0.773. The quantitative estimate of drug-likeness (QED) is 0.603. The topological polar surface area (TPSA) is 80.8 Å². The maximum Gasteiger partial charge on any atom is 0.327 e. The van der Waals surface area contributed by atoms with Crippen molar-refractivity contribution < 1.29 is 22.7 Å². The van der Waals surface area contributed by atoms with Gasteiger partial charge < -0.3 is 4.74 Å². The molecule has 3 aromatic rings. The van der Waals surface area contributed by atoms with Gasteiger partial charge in [0.05, 0.1) is 15.5 Å². The molecular weight excluding hydrogens is 410 g/mol. The number of ether oxygens (including phenoxy) is 1. The molecule has 27 heavy (non-hydrogen) atoms. The molecule has 2 aromatic carbocycles. The Balaban J connectivity index is 1.49. The highest BCUT2D eigenvalue weighted by Gasteiger charge is 2.42. The second kappa shape index (κ2) is 6.63. The number of halogens is 1. The molecule has 0 radical (unpaired) electrons. The molecule has 1 aliphatic heterocycles. The third-order valence-corrected chi connectivity index (χ3v) is 7.63. The SMILES string of the molecule is O=C(CN1C(=O)c2ccccc2S1(=O)=O)OCc1sc2ccccc2c1Cl. The minimum Gasteiger partial charge on any atom is -0.459 e. The van der Waals surface area contributed by atoms with Crippen molar-refractivity contribution in [1.29, 1.82) is 0 Å². The molecule has 4 rings (SSSR count). The molecule has 6 nitrogen and oxygen atoms in total. The van der Waals surface area contributed by atoms with Crippen LogP contribution in [0.3, 0.4) is 0 Å². The van der Waals surface area contributed by atoms with Gasteiger partial charge >= 0.3 is 5.97 Å². The van der Waals surface area contributed by atoms with E-state index in [1.807, 2.05) is 24.3 Å². The zero-order chi connectivity index (χ0) is 19.2. The molecular formula is C18H12ClNO5S2. The Morgan fingerprint density at radius 1 is 1.11 bits per heavy atom. The Hall–Kier alpha value is -2.42. The van der Waals surface area contributed by atoms with Crippen molar-refractivity contribution in [3.05, 3.63) is 64.0 Å². The van der Waals surface area contributed by atoms with E-state index in [2.05, 4.69) is 0 Å². The van der Waals surface area contributed by atoms with Gasteiger partial charge in [-0.15, -0.1) is 11.3 Å². The molecule has 0 saturated heterocycles. The molecule has 0 saturated carbocycles. The lowest BCUT2D eigenvalue weighted by molar-refractivity contribution is -0.144. The summed E-state index contributed by atoms with van der Waals surface area (Å²) >= 11 is 7.69. The van der Waals surface area contributed by atoms with Crippen molar-refractivity contribution in [2.45, 2.75) is 11.5 Å². The van der Waals surface area contributed by atoms with Gasteiger partial charge in [0.25, 0.3) is 15.9 Å². The largest absolute Gasteiger partial charge is 0.459 e.